The molecule has 1 atom stereocenters. The molecule has 0 aliphatic carbocycles. The summed E-state index contributed by atoms with van der Waals surface area (Å²) in [7, 11) is 0.634. The maximum absolute atomic E-state index is 12.1. The Morgan fingerprint density at radius 2 is 1.91 bits per heavy atom. The van der Waals surface area contributed by atoms with Crippen molar-refractivity contribution in [2.24, 2.45) is 0 Å². The van der Waals surface area contributed by atoms with Crippen molar-refractivity contribution >= 4 is 16.8 Å². The van der Waals surface area contributed by atoms with Crippen molar-refractivity contribution in [3.05, 3.63) is 65.2 Å². The molecule has 0 radical (unpaired) electrons. The molecule has 4 nitrogen and oxygen atoms in total. The summed E-state index contributed by atoms with van der Waals surface area (Å²) in [5, 5.41) is 0. The van der Waals surface area contributed by atoms with Crippen LogP contribution in [0.15, 0.2) is 48.5 Å². The van der Waals surface area contributed by atoms with Gasteiger partial charge in [0.05, 0.1) is 12.7 Å². The van der Waals surface area contributed by atoms with Crippen molar-refractivity contribution in [2.45, 2.75) is 12.4 Å². The molecule has 2 rings (SSSR count). The molecule has 0 fully saturated rings. The van der Waals surface area contributed by atoms with Crippen molar-refractivity contribution < 1.29 is 18.5 Å². The third kappa shape index (κ3) is 4.43. The molecule has 0 bridgehead atoms. The van der Waals surface area contributed by atoms with E-state index in [0.29, 0.717) is 17.1 Å². The number of carbonyl (C=O) groups is 1. The highest BCUT2D eigenvalue weighted by Gasteiger charge is 2.10. The maximum atomic E-state index is 12.1. The van der Waals surface area contributed by atoms with Gasteiger partial charge in [0.15, 0.2) is 0 Å². The van der Waals surface area contributed by atoms with Crippen LogP contribution in [-0.2, 0) is 27.9 Å². The van der Waals surface area contributed by atoms with E-state index >= 15 is 0 Å². The molecular weight excluding hydrogens is 300 g/mol. The van der Waals surface area contributed by atoms with E-state index in [4.69, 9.17) is 9.47 Å². The second-order valence-electron chi connectivity index (χ2n) is 4.81. The summed E-state index contributed by atoms with van der Waals surface area (Å²) in [5.74, 6) is 0.702. The summed E-state index contributed by atoms with van der Waals surface area (Å²) in [5.41, 5.74) is 2.12. The molecule has 1 unspecified atom stereocenters. The number of benzene rings is 2. The molecule has 116 valence electrons. The monoisotopic (exact) mass is 318 g/mol. The molecule has 0 heterocycles. The van der Waals surface area contributed by atoms with Crippen LogP contribution in [0.3, 0.4) is 0 Å². The Kier molecular flexibility index (Phi) is 5.72. The number of esters is 1. The molecule has 0 amide bonds. The third-order valence-electron chi connectivity index (χ3n) is 3.08. The summed E-state index contributed by atoms with van der Waals surface area (Å²) >= 11 is 0. The average molecular weight is 318 g/mol. The van der Waals surface area contributed by atoms with Crippen LogP contribution in [0.4, 0.5) is 0 Å². The molecule has 2 aromatic rings. The lowest BCUT2D eigenvalue weighted by atomic mass is 10.1. The number of ether oxygens (including phenoxy) is 2. The number of methoxy groups -OCH3 is 1. The van der Waals surface area contributed by atoms with Crippen molar-refractivity contribution in [2.75, 3.05) is 13.4 Å². The molecule has 0 aromatic heterocycles. The van der Waals surface area contributed by atoms with Crippen molar-refractivity contribution in [3.63, 3.8) is 0 Å². The lowest BCUT2D eigenvalue weighted by Crippen LogP contribution is -2.07. The first-order valence-electron chi connectivity index (χ1n) is 6.78. The summed E-state index contributed by atoms with van der Waals surface area (Å²) in [6, 6.07) is 14.4. The average Bonchev–Trinajstić information content (AvgIpc) is 2.52. The predicted molar refractivity (Wildman–Crippen MR) is 86.3 cm³/mol. The van der Waals surface area contributed by atoms with Gasteiger partial charge in [0.2, 0.25) is 0 Å². The lowest BCUT2D eigenvalue weighted by Gasteiger charge is -2.09. The molecule has 5 heteroatoms. The van der Waals surface area contributed by atoms with Crippen molar-refractivity contribution in [3.8, 4) is 5.75 Å². The zero-order valence-electron chi connectivity index (χ0n) is 12.6. The van der Waals surface area contributed by atoms with Crippen LogP contribution in [0.2, 0.25) is 0 Å². The first-order valence-corrected chi connectivity index (χ1v) is 8.51. The minimum atomic E-state index is -0.944. The van der Waals surface area contributed by atoms with Crippen molar-refractivity contribution in [1.29, 1.82) is 0 Å². The van der Waals surface area contributed by atoms with Gasteiger partial charge in [-0.2, -0.15) is 0 Å². The topological polar surface area (TPSA) is 52.6 Å². The van der Waals surface area contributed by atoms with E-state index in [1.54, 1.807) is 31.6 Å². The van der Waals surface area contributed by atoms with Gasteiger partial charge in [-0.25, -0.2) is 4.79 Å². The highest BCUT2D eigenvalue weighted by atomic mass is 32.2. The smallest absolute Gasteiger partial charge is 0.338 e. The summed E-state index contributed by atoms with van der Waals surface area (Å²) in [6.45, 7) is 0.146. The molecule has 0 saturated carbocycles. The number of carbonyl (C=O) groups excluding carboxylic acids is 1. The van der Waals surface area contributed by atoms with Gasteiger partial charge in [-0.3, -0.25) is 4.21 Å². The zero-order valence-corrected chi connectivity index (χ0v) is 13.4. The van der Waals surface area contributed by atoms with Crippen LogP contribution in [0.25, 0.3) is 0 Å². The Morgan fingerprint density at radius 3 is 2.64 bits per heavy atom. The largest absolute Gasteiger partial charge is 0.496 e. The van der Waals surface area contributed by atoms with Gasteiger partial charge in [0, 0.05) is 28.4 Å². The van der Waals surface area contributed by atoms with Crippen LogP contribution < -0.4 is 4.74 Å². The quantitative estimate of drug-likeness (QED) is 0.769. The second-order valence-corrected chi connectivity index (χ2v) is 6.24. The maximum Gasteiger partial charge on any atom is 0.338 e. The first kappa shape index (κ1) is 16.2. The predicted octanol–water partition coefficient (Wildman–Crippen LogP) is 2.93. The van der Waals surface area contributed by atoms with Crippen LogP contribution in [0.1, 0.15) is 21.5 Å². The van der Waals surface area contributed by atoms with Gasteiger partial charge >= 0.3 is 5.97 Å². The molecule has 0 aliphatic heterocycles. The van der Waals surface area contributed by atoms with E-state index in [2.05, 4.69) is 0 Å². The van der Waals surface area contributed by atoms with E-state index in [-0.39, 0.29) is 6.61 Å². The first-order chi connectivity index (χ1) is 10.6. The Hall–Kier alpha value is -2.14. The third-order valence-corrected chi connectivity index (χ3v) is 3.82. The Labute approximate surface area is 132 Å². The normalized spacial score (nSPS) is 11.7. The van der Waals surface area contributed by atoms with E-state index in [1.807, 2.05) is 30.3 Å². The lowest BCUT2D eigenvalue weighted by molar-refractivity contribution is 0.0470. The molecule has 22 heavy (non-hydrogen) atoms. The summed E-state index contributed by atoms with van der Waals surface area (Å²) in [6.07, 6.45) is 1.63. The standard InChI is InChI=1S/C17H18O4S/c1-20-16-9-4-3-7-15(16)11-21-17(18)14-8-5-6-13(10-14)12-22(2)19/h3-10H,11-12H2,1-2H3. The molecule has 0 aliphatic rings. The second kappa shape index (κ2) is 7.75. The molecular formula is C17H18O4S. The Bertz CT molecular complexity index is 682. The van der Waals surface area contributed by atoms with E-state index < -0.39 is 16.8 Å². The highest BCUT2D eigenvalue weighted by molar-refractivity contribution is 7.83. The molecule has 0 spiro atoms. The number of hydrogen-bond donors (Lipinski definition) is 0. The summed E-state index contributed by atoms with van der Waals surface area (Å²) in [4.78, 5) is 12.1. The van der Waals surface area contributed by atoms with E-state index in [1.165, 1.54) is 0 Å². The van der Waals surface area contributed by atoms with Gasteiger partial charge in [0.1, 0.15) is 12.4 Å². The number of para-hydroxylation sites is 1. The van der Waals surface area contributed by atoms with Gasteiger partial charge in [-0.05, 0) is 23.8 Å². The fourth-order valence-corrected chi connectivity index (χ4v) is 2.72. The number of rotatable bonds is 6. The zero-order chi connectivity index (χ0) is 15.9. The highest BCUT2D eigenvalue weighted by Crippen LogP contribution is 2.19. The van der Waals surface area contributed by atoms with Gasteiger partial charge in [-0.1, -0.05) is 30.3 Å². The fourth-order valence-electron chi connectivity index (χ4n) is 2.07. The van der Waals surface area contributed by atoms with Gasteiger partial charge in [-0.15, -0.1) is 0 Å². The van der Waals surface area contributed by atoms with Crippen LogP contribution >= 0.6 is 0 Å². The van der Waals surface area contributed by atoms with Crippen molar-refractivity contribution in [1.82, 2.24) is 0 Å². The van der Waals surface area contributed by atoms with Crippen LogP contribution in [0.5, 0.6) is 5.75 Å². The van der Waals surface area contributed by atoms with Gasteiger partial charge in [0.25, 0.3) is 0 Å². The molecule has 0 saturated heterocycles. The molecule has 0 N–H and O–H groups in total. The fraction of sp³-hybridized carbons (Fsp3) is 0.235. The van der Waals surface area contributed by atoms with E-state index in [9.17, 15) is 9.00 Å². The van der Waals surface area contributed by atoms with Crippen LogP contribution in [-0.4, -0.2) is 23.5 Å². The Morgan fingerprint density at radius 1 is 1.14 bits per heavy atom. The SMILES string of the molecule is COc1ccccc1COC(=O)c1cccc(CS(C)=O)c1. The van der Waals surface area contributed by atoms with Gasteiger partial charge < -0.3 is 9.47 Å². The Balaban J connectivity index is 2.04. The molecule has 2 aromatic carbocycles. The van der Waals surface area contributed by atoms with Crippen LogP contribution in [0, 0.1) is 0 Å². The summed E-state index contributed by atoms with van der Waals surface area (Å²) < 4.78 is 21.8. The van der Waals surface area contributed by atoms with E-state index in [0.717, 1.165) is 11.1 Å². The minimum Gasteiger partial charge on any atom is -0.496 e. The number of hydrogen-bond acceptors (Lipinski definition) is 4. The minimum absolute atomic E-state index is 0.146.